The summed E-state index contributed by atoms with van der Waals surface area (Å²) in [5.74, 6) is -0.760. The number of fused-ring (bicyclic) bond motifs is 1. The topological polar surface area (TPSA) is 68.1 Å². The van der Waals surface area contributed by atoms with E-state index < -0.39 is 17.0 Å². The third kappa shape index (κ3) is 3.27. The first-order valence-corrected chi connectivity index (χ1v) is 7.71. The Bertz CT molecular complexity index is 756. The third-order valence-corrected chi connectivity index (χ3v) is 4.51. The molecule has 0 saturated heterocycles. The SMILES string of the molecule is O=[N+]([O-])c1cccc2c(N[C@H]3CC[C@H](C(F)(F)F)CC3)nccc12. The van der Waals surface area contributed by atoms with E-state index in [1.165, 1.54) is 12.3 Å². The summed E-state index contributed by atoms with van der Waals surface area (Å²) in [6.45, 7) is 0. The first-order chi connectivity index (χ1) is 11.4. The molecule has 1 aromatic heterocycles. The first kappa shape index (κ1) is 16.5. The Morgan fingerprint density at radius 3 is 2.46 bits per heavy atom. The summed E-state index contributed by atoms with van der Waals surface area (Å²) < 4.78 is 38.2. The van der Waals surface area contributed by atoms with Gasteiger partial charge in [-0.3, -0.25) is 10.1 Å². The van der Waals surface area contributed by atoms with E-state index in [2.05, 4.69) is 10.3 Å². The average molecular weight is 339 g/mol. The molecule has 1 fully saturated rings. The molecule has 0 radical (unpaired) electrons. The van der Waals surface area contributed by atoms with Crippen LogP contribution in [0.15, 0.2) is 30.5 Å². The van der Waals surface area contributed by atoms with Crippen molar-refractivity contribution in [3.63, 3.8) is 0 Å². The minimum Gasteiger partial charge on any atom is -0.367 e. The molecule has 2 aromatic rings. The molecule has 128 valence electrons. The van der Waals surface area contributed by atoms with Crippen LogP contribution in [-0.4, -0.2) is 22.1 Å². The fourth-order valence-electron chi connectivity index (χ4n) is 3.22. The quantitative estimate of drug-likeness (QED) is 0.651. The zero-order valence-electron chi connectivity index (χ0n) is 12.7. The Labute approximate surface area is 136 Å². The smallest absolute Gasteiger partial charge is 0.367 e. The highest BCUT2D eigenvalue weighted by Gasteiger charge is 2.41. The normalized spacial score (nSPS) is 21.6. The number of benzene rings is 1. The number of nitrogens with zero attached hydrogens (tertiary/aromatic N) is 2. The van der Waals surface area contributed by atoms with Gasteiger partial charge in [0.1, 0.15) is 5.82 Å². The maximum absolute atomic E-state index is 12.7. The summed E-state index contributed by atoms with van der Waals surface area (Å²) in [6.07, 6.45) is -1.69. The van der Waals surface area contributed by atoms with Gasteiger partial charge in [-0.25, -0.2) is 4.98 Å². The number of hydrogen-bond acceptors (Lipinski definition) is 4. The lowest BCUT2D eigenvalue weighted by atomic mass is 9.85. The molecule has 0 amide bonds. The van der Waals surface area contributed by atoms with Crippen LogP contribution in [0.2, 0.25) is 0 Å². The van der Waals surface area contributed by atoms with Crippen molar-refractivity contribution in [1.29, 1.82) is 0 Å². The van der Waals surface area contributed by atoms with Crippen molar-refractivity contribution in [2.45, 2.75) is 37.9 Å². The molecule has 8 heteroatoms. The van der Waals surface area contributed by atoms with Crippen LogP contribution < -0.4 is 5.32 Å². The molecule has 1 aliphatic carbocycles. The number of pyridine rings is 1. The van der Waals surface area contributed by atoms with E-state index in [0.29, 0.717) is 29.4 Å². The Hall–Kier alpha value is -2.38. The largest absolute Gasteiger partial charge is 0.391 e. The number of anilines is 1. The molecule has 0 atom stereocenters. The van der Waals surface area contributed by atoms with Crippen LogP contribution >= 0.6 is 0 Å². The molecule has 5 nitrogen and oxygen atoms in total. The molecule has 1 aliphatic rings. The van der Waals surface area contributed by atoms with E-state index in [1.54, 1.807) is 18.2 Å². The minimum atomic E-state index is -4.14. The molecule has 0 aliphatic heterocycles. The van der Waals surface area contributed by atoms with Crippen molar-refractivity contribution >= 4 is 22.3 Å². The molecule has 1 heterocycles. The second kappa shape index (κ2) is 6.26. The fourth-order valence-corrected chi connectivity index (χ4v) is 3.22. The van der Waals surface area contributed by atoms with E-state index in [-0.39, 0.29) is 24.6 Å². The highest BCUT2D eigenvalue weighted by atomic mass is 19.4. The number of nitro groups is 1. The van der Waals surface area contributed by atoms with Crippen molar-refractivity contribution in [3.8, 4) is 0 Å². The highest BCUT2D eigenvalue weighted by molar-refractivity contribution is 5.97. The number of non-ortho nitro benzene ring substituents is 1. The lowest BCUT2D eigenvalue weighted by Crippen LogP contribution is -2.33. The number of rotatable bonds is 3. The van der Waals surface area contributed by atoms with E-state index in [9.17, 15) is 23.3 Å². The van der Waals surface area contributed by atoms with Crippen LogP contribution in [-0.2, 0) is 0 Å². The Kier molecular flexibility index (Phi) is 4.29. The van der Waals surface area contributed by atoms with Gasteiger partial charge in [-0.05, 0) is 31.7 Å². The molecule has 0 unspecified atom stereocenters. The van der Waals surface area contributed by atoms with Gasteiger partial charge in [0.2, 0.25) is 0 Å². The summed E-state index contributed by atoms with van der Waals surface area (Å²) >= 11 is 0. The molecule has 3 rings (SSSR count). The van der Waals surface area contributed by atoms with Gasteiger partial charge < -0.3 is 5.32 Å². The van der Waals surface area contributed by atoms with Crippen LogP contribution in [0.1, 0.15) is 25.7 Å². The van der Waals surface area contributed by atoms with Crippen molar-refractivity contribution in [2.24, 2.45) is 5.92 Å². The van der Waals surface area contributed by atoms with Crippen molar-refractivity contribution in [2.75, 3.05) is 5.32 Å². The number of hydrogen-bond donors (Lipinski definition) is 1. The van der Waals surface area contributed by atoms with Crippen LogP contribution in [0.3, 0.4) is 0 Å². The number of aromatic nitrogens is 1. The number of halogens is 3. The summed E-state index contributed by atoms with van der Waals surface area (Å²) in [7, 11) is 0. The van der Waals surface area contributed by atoms with Crippen molar-refractivity contribution in [1.82, 2.24) is 4.98 Å². The van der Waals surface area contributed by atoms with E-state index in [1.807, 2.05) is 0 Å². The van der Waals surface area contributed by atoms with Gasteiger partial charge in [0.15, 0.2) is 0 Å². The van der Waals surface area contributed by atoms with E-state index in [4.69, 9.17) is 0 Å². The molecule has 0 bridgehead atoms. The van der Waals surface area contributed by atoms with Crippen LogP contribution in [0, 0.1) is 16.0 Å². The second-order valence-electron chi connectivity index (χ2n) is 6.02. The molecular weight excluding hydrogens is 323 g/mol. The molecule has 1 aromatic carbocycles. The summed E-state index contributed by atoms with van der Waals surface area (Å²) in [6, 6.07) is 6.17. The lowest BCUT2D eigenvalue weighted by molar-refractivity contribution is -0.383. The Balaban J connectivity index is 1.80. The van der Waals surface area contributed by atoms with E-state index >= 15 is 0 Å². The molecule has 24 heavy (non-hydrogen) atoms. The third-order valence-electron chi connectivity index (χ3n) is 4.51. The van der Waals surface area contributed by atoms with Gasteiger partial charge in [-0.1, -0.05) is 12.1 Å². The van der Waals surface area contributed by atoms with Crippen molar-refractivity contribution < 1.29 is 18.1 Å². The monoisotopic (exact) mass is 339 g/mol. The predicted molar refractivity (Wildman–Crippen MR) is 83.8 cm³/mol. The van der Waals surface area contributed by atoms with Crippen LogP contribution in [0.5, 0.6) is 0 Å². The van der Waals surface area contributed by atoms with Crippen LogP contribution in [0.4, 0.5) is 24.7 Å². The average Bonchev–Trinajstić information content (AvgIpc) is 2.54. The summed E-state index contributed by atoms with van der Waals surface area (Å²) in [5, 5.41) is 15.3. The molecule has 0 spiro atoms. The Morgan fingerprint density at radius 1 is 1.12 bits per heavy atom. The number of nitro benzene ring substituents is 1. The number of nitrogens with one attached hydrogen (secondary N) is 1. The lowest BCUT2D eigenvalue weighted by Gasteiger charge is -2.30. The highest BCUT2D eigenvalue weighted by Crippen LogP contribution is 2.38. The zero-order chi connectivity index (χ0) is 17.3. The second-order valence-corrected chi connectivity index (χ2v) is 6.02. The zero-order valence-corrected chi connectivity index (χ0v) is 12.7. The molecular formula is C16H16F3N3O2. The molecule has 1 saturated carbocycles. The van der Waals surface area contributed by atoms with Crippen molar-refractivity contribution in [3.05, 3.63) is 40.6 Å². The fraction of sp³-hybridized carbons (Fsp3) is 0.438. The number of alkyl halides is 3. The van der Waals surface area contributed by atoms with Gasteiger partial charge in [0, 0.05) is 23.7 Å². The van der Waals surface area contributed by atoms with Gasteiger partial charge >= 0.3 is 6.18 Å². The van der Waals surface area contributed by atoms with Crippen LogP contribution in [0.25, 0.3) is 10.8 Å². The minimum absolute atomic E-state index is 0.0151. The maximum Gasteiger partial charge on any atom is 0.391 e. The standard InChI is InChI=1S/C16H16F3N3O2/c17-16(18,19)10-4-6-11(7-5-10)21-15-13-2-1-3-14(22(23)24)12(13)8-9-20-15/h1-3,8-11H,4-7H2,(H,20,21)/t10-,11-. The van der Waals surface area contributed by atoms with Gasteiger partial charge in [0.25, 0.3) is 5.69 Å². The Morgan fingerprint density at radius 2 is 1.83 bits per heavy atom. The van der Waals surface area contributed by atoms with Gasteiger partial charge in [0.05, 0.1) is 16.2 Å². The van der Waals surface area contributed by atoms with Gasteiger partial charge in [-0.2, -0.15) is 13.2 Å². The van der Waals surface area contributed by atoms with Gasteiger partial charge in [-0.15, -0.1) is 0 Å². The van der Waals surface area contributed by atoms with E-state index in [0.717, 1.165) is 0 Å². The predicted octanol–water partition coefficient (Wildman–Crippen LogP) is 4.68. The first-order valence-electron chi connectivity index (χ1n) is 7.71. The summed E-state index contributed by atoms with van der Waals surface area (Å²) in [5.41, 5.74) is -0.0151. The summed E-state index contributed by atoms with van der Waals surface area (Å²) in [4.78, 5) is 14.9. The molecule has 1 N–H and O–H groups in total. The maximum atomic E-state index is 12.7.